The lowest BCUT2D eigenvalue weighted by molar-refractivity contribution is 1.12. The van der Waals surface area contributed by atoms with Crippen molar-refractivity contribution in [1.29, 1.82) is 0 Å². The van der Waals surface area contributed by atoms with Crippen LogP contribution in [0.1, 0.15) is 5.56 Å². The number of nitrogen functional groups attached to an aromatic ring is 1. The lowest BCUT2D eigenvalue weighted by Gasteiger charge is -2.06. The molecule has 21 heavy (non-hydrogen) atoms. The molecule has 3 N–H and O–H groups in total. The highest BCUT2D eigenvalue weighted by Gasteiger charge is 2.07. The third-order valence-electron chi connectivity index (χ3n) is 3.25. The van der Waals surface area contributed by atoms with Gasteiger partial charge < -0.3 is 10.7 Å². The summed E-state index contributed by atoms with van der Waals surface area (Å²) in [5, 5.41) is 0. The highest BCUT2D eigenvalue weighted by molar-refractivity contribution is 5.67. The number of hydrogen-bond acceptors (Lipinski definition) is 4. The number of benzene rings is 1. The van der Waals surface area contributed by atoms with Crippen molar-refractivity contribution in [1.82, 2.24) is 15.0 Å². The molecular weight excluding hydrogens is 264 g/mol. The Kier molecular flexibility index (Phi) is 3.23. The molecule has 0 saturated carbocycles. The van der Waals surface area contributed by atoms with Crippen molar-refractivity contribution in [2.24, 2.45) is 0 Å². The molecule has 0 radical (unpaired) electrons. The number of nitrogens with one attached hydrogen (secondary N) is 1. The second kappa shape index (κ2) is 5.20. The first kappa shape index (κ1) is 13.1. The third kappa shape index (κ3) is 2.67. The fraction of sp³-hybridized carbons (Fsp3) is 0.0625. The smallest absolute Gasteiger partial charge is 0.251 e. The summed E-state index contributed by atoms with van der Waals surface area (Å²) in [6, 6.07) is 10.7. The zero-order valence-corrected chi connectivity index (χ0v) is 11.5. The molecule has 3 aromatic rings. The van der Waals surface area contributed by atoms with Gasteiger partial charge in [-0.05, 0) is 30.7 Å². The van der Waals surface area contributed by atoms with Crippen LogP contribution in [0.15, 0.2) is 53.6 Å². The molecule has 0 aliphatic heterocycles. The Morgan fingerprint density at radius 1 is 1.14 bits per heavy atom. The minimum absolute atomic E-state index is 0.210. The maximum absolute atomic E-state index is 11.9. The fourth-order valence-electron chi connectivity index (χ4n) is 2.04. The highest BCUT2D eigenvalue weighted by atomic mass is 16.1. The third-order valence-corrected chi connectivity index (χ3v) is 3.25. The maximum atomic E-state index is 11.9. The summed E-state index contributed by atoms with van der Waals surface area (Å²) in [7, 11) is 0. The van der Waals surface area contributed by atoms with Crippen LogP contribution in [-0.4, -0.2) is 15.0 Å². The van der Waals surface area contributed by atoms with E-state index in [1.807, 2.05) is 31.2 Å². The van der Waals surface area contributed by atoms with Gasteiger partial charge in [-0.1, -0.05) is 12.1 Å². The van der Waals surface area contributed by atoms with Gasteiger partial charge in [0.1, 0.15) is 5.82 Å². The van der Waals surface area contributed by atoms with Crippen molar-refractivity contribution in [3.8, 4) is 22.6 Å². The summed E-state index contributed by atoms with van der Waals surface area (Å²) in [6.07, 6.45) is 3.33. The van der Waals surface area contributed by atoms with E-state index in [0.717, 1.165) is 16.7 Å². The van der Waals surface area contributed by atoms with Crippen molar-refractivity contribution in [2.75, 3.05) is 5.73 Å². The number of nitrogens with zero attached hydrogens (tertiary/aromatic N) is 2. The number of pyridine rings is 1. The summed E-state index contributed by atoms with van der Waals surface area (Å²) in [5.74, 6) is 0.491. The summed E-state index contributed by atoms with van der Waals surface area (Å²) in [4.78, 5) is 23.1. The van der Waals surface area contributed by atoms with E-state index in [0.29, 0.717) is 17.2 Å². The molecule has 5 heteroatoms. The molecule has 0 unspecified atom stereocenters. The number of H-pyrrole nitrogens is 1. The monoisotopic (exact) mass is 278 g/mol. The minimum atomic E-state index is -0.210. The first-order chi connectivity index (χ1) is 10.1. The number of aromatic nitrogens is 3. The molecule has 3 rings (SSSR count). The Hall–Kier alpha value is -2.95. The second-order valence-corrected chi connectivity index (χ2v) is 4.79. The summed E-state index contributed by atoms with van der Waals surface area (Å²) in [5.41, 5.74) is 9.55. The van der Waals surface area contributed by atoms with Gasteiger partial charge in [0.2, 0.25) is 0 Å². The molecule has 0 saturated heterocycles. The van der Waals surface area contributed by atoms with Crippen LogP contribution in [-0.2, 0) is 0 Å². The van der Waals surface area contributed by atoms with Gasteiger partial charge in [-0.25, -0.2) is 4.98 Å². The predicted molar refractivity (Wildman–Crippen MR) is 82.7 cm³/mol. The van der Waals surface area contributed by atoms with E-state index in [1.54, 1.807) is 18.5 Å². The zero-order valence-electron chi connectivity index (χ0n) is 11.5. The number of aromatic amines is 1. The number of rotatable bonds is 2. The van der Waals surface area contributed by atoms with Gasteiger partial charge in [0.25, 0.3) is 5.56 Å². The van der Waals surface area contributed by atoms with E-state index in [9.17, 15) is 4.79 Å². The normalized spacial score (nSPS) is 10.5. The standard InChI is InChI=1S/C16H14N4O/c1-10-4-5-11(7-13(10)17)14-8-15(21)20-16(19-14)12-3-2-6-18-9-12/h2-9H,17H2,1H3,(H,19,20,21). The van der Waals surface area contributed by atoms with Crippen LogP contribution in [0, 0.1) is 6.92 Å². The number of aryl methyl sites for hydroxylation is 1. The number of nitrogens with two attached hydrogens (primary N) is 1. The Balaban J connectivity index is 2.14. The van der Waals surface area contributed by atoms with Gasteiger partial charge in [-0.2, -0.15) is 0 Å². The second-order valence-electron chi connectivity index (χ2n) is 4.79. The van der Waals surface area contributed by atoms with Crippen molar-refractivity contribution in [2.45, 2.75) is 6.92 Å². The number of anilines is 1. The lowest BCUT2D eigenvalue weighted by Crippen LogP contribution is -2.08. The lowest BCUT2D eigenvalue weighted by atomic mass is 10.1. The van der Waals surface area contributed by atoms with Gasteiger partial charge in [0.05, 0.1) is 5.69 Å². The van der Waals surface area contributed by atoms with Gasteiger partial charge in [-0.15, -0.1) is 0 Å². The van der Waals surface area contributed by atoms with Crippen LogP contribution in [0.2, 0.25) is 0 Å². The average Bonchev–Trinajstić information content (AvgIpc) is 2.50. The van der Waals surface area contributed by atoms with E-state index >= 15 is 0 Å². The van der Waals surface area contributed by atoms with E-state index < -0.39 is 0 Å². The van der Waals surface area contributed by atoms with Crippen LogP contribution in [0.4, 0.5) is 5.69 Å². The molecule has 0 aliphatic rings. The molecule has 0 bridgehead atoms. The summed E-state index contributed by atoms with van der Waals surface area (Å²) < 4.78 is 0. The molecule has 0 aliphatic carbocycles. The predicted octanol–water partition coefficient (Wildman–Crippen LogP) is 2.39. The van der Waals surface area contributed by atoms with Gasteiger partial charge in [0, 0.05) is 35.3 Å². The molecule has 2 aromatic heterocycles. The summed E-state index contributed by atoms with van der Waals surface area (Å²) >= 11 is 0. The fourth-order valence-corrected chi connectivity index (χ4v) is 2.04. The molecule has 0 spiro atoms. The van der Waals surface area contributed by atoms with Crippen molar-refractivity contribution >= 4 is 5.69 Å². The molecule has 5 nitrogen and oxygen atoms in total. The van der Waals surface area contributed by atoms with Gasteiger partial charge in [0.15, 0.2) is 0 Å². The molecular formula is C16H14N4O. The SMILES string of the molecule is Cc1ccc(-c2cc(=O)[nH]c(-c3cccnc3)n2)cc1N. The van der Waals surface area contributed by atoms with Crippen molar-refractivity contribution in [3.63, 3.8) is 0 Å². The van der Waals surface area contributed by atoms with E-state index in [4.69, 9.17) is 5.73 Å². The van der Waals surface area contributed by atoms with E-state index in [2.05, 4.69) is 15.0 Å². The van der Waals surface area contributed by atoms with Crippen LogP contribution in [0.3, 0.4) is 0 Å². The molecule has 0 fully saturated rings. The molecule has 0 atom stereocenters. The summed E-state index contributed by atoms with van der Waals surface area (Å²) in [6.45, 7) is 1.94. The average molecular weight is 278 g/mol. The Labute approximate surface area is 121 Å². The van der Waals surface area contributed by atoms with E-state index in [-0.39, 0.29) is 5.56 Å². The van der Waals surface area contributed by atoms with Crippen LogP contribution < -0.4 is 11.3 Å². The first-order valence-electron chi connectivity index (χ1n) is 6.52. The first-order valence-corrected chi connectivity index (χ1v) is 6.52. The van der Waals surface area contributed by atoms with Crippen molar-refractivity contribution in [3.05, 3.63) is 64.7 Å². The maximum Gasteiger partial charge on any atom is 0.251 e. The van der Waals surface area contributed by atoms with Crippen LogP contribution >= 0.6 is 0 Å². The molecule has 104 valence electrons. The van der Waals surface area contributed by atoms with Gasteiger partial charge in [-0.3, -0.25) is 9.78 Å². The Morgan fingerprint density at radius 3 is 2.71 bits per heavy atom. The van der Waals surface area contributed by atoms with Crippen LogP contribution in [0.25, 0.3) is 22.6 Å². The quantitative estimate of drug-likeness (QED) is 0.705. The topological polar surface area (TPSA) is 84.7 Å². The Bertz CT molecular complexity index is 840. The van der Waals surface area contributed by atoms with Crippen molar-refractivity contribution < 1.29 is 0 Å². The Morgan fingerprint density at radius 2 is 2.00 bits per heavy atom. The number of hydrogen-bond donors (Lipinski definition) is 2. The molecule has 1 aromatic carbocycles. The van der Waals surface area contributed by atoms with E-state index in [1.165, 1.54) is 6.07 Å². The largest absolute Gasteiger partial charge is 0.398 e. The van der Waals surface area contributed by atoms with Gasteiger partial charge >= 0.3 is 0 Å². The molecule has 2 heterocycles. The highest BCUT2D eigenvalue weighted by Crippen LogP contribution is 2.22. The molecule has 0 amide bonds. The minimum Gasteiger partial charge on any atom is -0.398 e. The van der Waals surface area contributed by atoms with Crippen LogP contribution in [0.5, 0.6) is 0 Å². The zero-order chi connectivity index (χ0) is 14.8.